The van der Waals surface area contributed by atoms with Crippen molar-refractivity contribution in [3.63, 3.8) is 0 Å². The fourth-order valence-electron chi connectivity index (χ4n) is 3.35. The van der Waals surface area contributed by atoms with E-state index in [4.69, 9.17) is 0 Å². The van der Waals surface area contributed by atoms with Crippen LogP contribution in [-0.4, -0.2) is 42.7 Å². The van der Waals surface area contributed by atoms with Crippen molar-refractivity contribution in [1.82, 2.24) is 4.90 Å². The Hall–Kier alpha value is -1.78. The quantitative estimate of drug-likeness (QED) is 0.632. The molecule has 1 amide bonds. The van der Waals surface area contributed by atoms with E-state index in [9.17, 15) is 4.79 Å². The highest BCUT2D eigenvalue weighted by Crippen LogP contribution is 2.20. The van der Waals surface area contributed by atoms with Crippen molar-refractivity contribution in [2.75, 3.05) is 36.8 Å². The Bertz CT molecular complexity index is 656. The summed E-state index contributed by atoms with van der Waals surface area (Å²) in [7, 11) is 0. The number of piperidine rings is 1. The average Bonchev–Trinajstić information content (AvgIpc) is 2.72. The number of amides is 1. The van der Waals surface area contributed by atoms with Gasteiger partial charge in [0, 0.05) is 35.8 Å². The average molecular weight is 369 g/mol. The molecule has 2 aromatic rings. The van der Waals surface area contributed by atoms with Crippen LogP contribution in [0.1, 0.15) is 25.7 Å². The van der Waals surface area contributed by atoms with Crippen molar-refractivity contribution < 1.29 is 4.79 Å². The predicted molar refractivity (Wildman–Crippen MR) is 111 cm³/mol. The molecule has 1 aliphatic rings. The molecule has 4 heteroatoms. The minimum Gasteiger partial charge on any atom is -0.312 e. The van der Waals surface area contributed by atoms with Crippen LogP contribution in [0.15, 0.2) is 65.6 Å². The first-order valence-corrected chi connectivity index (χ1v) is 10.6. The maximum Gasteiger partial charge on any atom is 0.228 e. The highest BCUT2D eigenvalue weighted by molar-refractivity contribution is 7.99. The van der Waals surface area contributed by atoms with E-state index in [2.05, 4.69) is 29.2 Å². The lowest BCUT2D eigenvalue weighted by Gasteiger charge is -2.28. The van der Waals surface area contributed by atoms with Gasteiger partial charge in [-0.25, -0.2) is 0 Å². The van der Waals surface area contributed by atoms with Gasteiger partial charge in [0.05, 0.1) is 0 Å². The third kappa shape index (κ3) is 5.89. The molecule has 0 saturated carbocycles. The van der Waals surface area contributed by atoms with Crippen LogP contribution in [0, 0.1) is 0 Å². The zero-order valence-electron chi connectivity index (χ0n) is 15.3. The van der Waals surface area contributed by atoms with Crippen LogP contribution < -0.4 is 4.90 Å². The predicted octanol–water partition coefficient (Wildman–Crippen LogP) is 4.69. The summed E-state index contributed by atoms with van der Waals surface area (Å²) >= 11 is 1.80. The number of para-hydroxylation sites is 1. The van der Waals surface area contributed by atoms with E-state index in [1.54, 1.807) is 11.8 Å². The molecule has 1 heterocycles. The molecule has 138 valence electrons. The van der Waals surface area contributed by atoms with Gasteiger partial charge < -0.3 is 9.80 Å². The molecule has 1 aliphatic heterocycles. The zero-order valence-corrected chi connectivity index (χ0v) is 16.2. The fourth-order valence-corrected chi connectivity index (χ4v) is 4.21. The number of hydrogen-bond donors (Lipinski definition) is 0. The first-order valence-electron chi connectivity index (χ1n) is 9.58. The summed E-state index contributed by atoms with van der Waals surface area (Å²) in [5.74, 6) is 1.13. The van der Waals surface area contributed by atoms with Crippen molar-refractivity contribution in [3.8, 4) is 0 Å². The van der Waals surface area contributed by atoms with E-state index < -0.39 is 0 Å². The van der Waals surface area contributed by atoms with Gasteiger partial charge in [-0.1, -0.05) is 42.8 Å². The number of hydrogen-bond acceptors (Lipinski definition) is 3. The molecule has 0 aliphatic carbocycles. The van der Waals surface area contributed by atoms with Gasteiger partial charge in [-0.3, -0.25) is 4.79 Å². The van der Waals surface area contributed by atoms with Gasteiger partial charge in [0.15, 0.2) is 0 Å². The van der Waals surface area contributed by atoms with E-state index in [0.29, 0.717) is 6.42 Å². The second-order valence-corrected chi connectivity index (χ2v) is 7.86. The SMILES string of the molecule is O=C(CCN1CCCCC1)N(CCSc1ccccc1)c1ccccc1. The van der Waals surface area contributed by atoms with Crippen LogP contribution in [0.5, 0.6) is 0 Å². The van der Waals surface area contributed by atoms with Gasteiger partial charge in [-0.2, -0.15) is 0 Å². The molecule has 0 aromatic heterocycles. The van der Waals surface area contributed by atoms with Crippen molar-refractivity contribution in [2.24, 2.45) is 0 Å². The summed E-state index contributed by atoms with van der Waals surface area (Å²) in [5, 5.41) is 0. The van der Waals surface area contributed by atoms with Gasteiger partial charge in [0.1, 0.15) is 0 Å². The zero-order chi connectivity index (χ0) is 18.0. The molecular weight excluding hydrogens is 340 g/mol. The number of thioether (sulfide) groups is 1. The molecular formula is C22H28N2OS. The van der Waals surface area contributed by atoms with E-state index in [1.165, 1.54) is 24.2 Å². The Morgan fingerprint density at radius 3 is 2.27 bits per heavy atom. The van der Waals surface area contributed by atoms with Crippen LogP contribution in [-0.2, 0) is 4.79 Å². The Morgan fingerprint density at radius 2 is 1.58 bits per heavy atom. The number of carbonyl (C=O) groups excluding carboxylic acids is 1. The Labute approximate surface area is 161 Å². The number of nitrogens with zero attached hydrogens (tertiary/aromatic N) is 2. The minimum absolute atomic E-state index is 0.232. The molecule has 2 aromatic carbocycles. The maximum atomic E-state index is 12.9. The van der Waals surface area contributed by atoms with Gasteiger partial charge in [0.2, 0.25) is 5.91 Å². The van der Waals surface area contributed by atoms with Gasteiger partial charge >= 0.3 is 0 Å². The van der Waals surface area contributed by atoms with Gasteiger partial charge in [-0.05, 0) is 50.2 Å². The summed E-state index contributed by atoms with van der Waals surface area (Å²) in [5.41, 5.74) is 1.00. The monoisotopic (exact) mass is 368 g/mol. The molecule has 26 heavy (non-hydrogen) atoms. The number of benzene rings is 2. The lowest BCUT2D eigenvalue weighted by Crippen LogP contribution is -2.37. The molecule has 0 N–H and O–H groups in total. The number of anilines is 1. The number of carbonyl (C=O) groups is 1. The summed E-state index contributed by atoms with van der Waals surface area (Å²) < 4.78 is 0. The summed E-state index contributed by atoms with van der Waals surface area (Å²) in [6.45, 7) is 3.90. The Morgan fingerprint density at radius 1 is 0.923 bits per heavy atom. The largest absolute Gasteiger partial charge is 0.312 e. The summed E-state index contributed by atoms with van der Waals surface area (Å²) in [6.07, 6.45) is 4.47. The highest BCUT2D eigenvalue weighted by Gasteiger charge is 2.18. The van der Waals surface area contributed by atoms with Crippen molar-refractivity contribution >= 4 is 23.4 Å². The Balaban J connectivity index is 1.56. The summed E-state index contributed by atoms with van der Waals surface area (Å²) in [4.78, 5) is 18.6. The molecule has 0 atom stereocenters. The second-order valence-electron chi connectivity index (χ2n) is 6.69. The summed E-state index contributed by atoms with van der Waals surface area (Å²) in [6, 6.07) is 20.5. The van der Waals surface area contributed by atoms with E-state index >= 15 is 0 Å². The van der Waals surface area contributed by atoms with Crippen LogP contribution >= 0.6 is 11.8 Å². The maximum absolute atomic E-state index is 12.9. The molecule has 1 saturated heterocycles. The van der Waals surface area contributed by atoms with Gasteiger partial charge in [0.25, 0.3) is 0 Å². The molecule has 0 radical (unpaired) electrons. The van der Waals surface area contributed by atoms with E-state index in [0.717, 1.165) is 37.6 Å². The van der Waals surface area contributed by atoms with Crippen molar-refractivity contribution in [2.45, 2.75) is 30.6 Å². The first-order chi connectivity index (χ1) is 12.8. The van der Waals surface area contributed by atoms with Gasteiger partial charge in [-0.15, -0.1) is 11.8 Å². The first kappa shape index (κ1) is 19.0. The third-order valence-electron chi connectivity index (χ3n) is 4.79. The Kier molecular flexibility index (Phi) is 7.59. The highest BCUT2D eigenvalue weighted by atomic mass is 32.2. The molecule has 0 bridgehead atoms. The van der Waals surface area contributed by atoms with E-state index in [-0.39, 0.29) is 5.91 Å². The minimum atomic E-state index is 0.232. The molecule has 1 fully saturated rings. The smallest absolute Gasteiger partial charge is 0.228 e. The van der Waals surface area contributed by atoms with E-state index in [1.807, 2.05) is 41.3 Å². The van der Waals surface area contributed by atoms with Crippen LogP contribution in [0.4, 0.5) is 5.69 Å². The van der Waals surface area contributed by atoms with Crippen LogP contribution in [0.2, 0.25) is 0 Å². The molecule has 0 unspecified atom stereocenters. The van der Waals surface area contributed by atoms with Crippen molar-refractivity contribution in [3.05, 3.63) is 60.7 Å². The second kappa shape index (κ2) is 10.4. The van der Waals surface area contributed by atoms with Crippen LogP contribution in [0.3, 0.4) is 0 Å². The molecule has 3 nitrogen and oxygen atoms in total. The molecule has 0 spiro atoms. The standard InChI is InChI=1S/C22H28N2OS/c25-22(14-17-23-15-8-3-9-16-23)24(20-10-4-1-5-11-20)18-19-26-21-12-6-2-7-13-21/h1-2,4-7,10-13H,3,8-9,14-19H2. The third-order valence-corrected chi connectivity index (χ3v) is 5.78. The fraction of sp³-hybridized carbons (Fsp3) is 0.409. The topological polar surface area (TPSA) is 23.6 Å². The number of rotatable bonds is 8. The van der Waals surface area contributed by atoms with Crippen LogP contribution in [0.25, 0.3) is 0 Å². The molecule has 3 rings (SSSR count). The lowest BCUT2D eigenvalue weighted by atomic mass is 10.1. The lowest BCUT2D eigenvalue weighted by molar-refractivity contribution is -0.118. The normalized spacial score (nSPS) is 14.9. The van der Waals surface area contributed by atoms with Crippen molar-refractivity contribution in [1.29, 1.82) is 0 Å². The number of likely N-dealkylation sites (tertiary alicyclic amines) is 1.